The van der Waals surface area contributed by atoms with Crippen LogP contribution in [0.15, 0.2) is 53.1 Å². The monoisotopic (exact) mass is 389 g/mol. The van der Waals surface area contributed by atoms with Crippen molar-refractivity contribution in [1.29, 1.82) is 0 Å². The molecule has 0 saturated carbocycles. The third kappa shape index (κ3) is 5.50. The molecule has 6 nitrogen and oxygen atoms in total. The molecule has 148 valence electrons. The SMILES string of the molecule is COc1cc(CN(C)Cc2nc(Cc3ccccc3)no2)ccc1OC(F)F. The molecule has 0 aliphatic rings. The van der Waals surface area contributed by atoms with Gasteiger partial charge in [-0.3, -0.25) is 4.90 Å². The van der Waals surface area contributed by atoms with E-state index < -0.39 is 6.61 Å². The molecule has 0 fully saturated rings. The Morgan fingerprint density at radius 1 is 1.04 bits per heavy atom. The van der Waals surface area contributed by atoms with Gasteiger partial charge < -0.3 is 14.0 Å². The van der Waals surface area contributed by atoms with E-state index in [0.717, 1.165) is 11.1 Å². The van der Waals surface area contributed by atoms with E-state index in [1.165, 1.54) is 13.2 Å². The van der Waals surface area contributed by atoms with Gasteiger partial charge in [0.1, 0.15) is 0 Å². The lowest BCUT2D eigenvalue weighted by molar-refractivity contribution is -0.0512. The first-order valence-electron chi connectivity index (χ1n) is 8.69. The molecule has 0 aliphatic carbocycles. The van der Waals surface area contributed by atoms with Gasteiger partial charge in [-0.2, -0.15) is 13.8 Å². The van der Waals surface area contributed by atoms with Crippen LogP contribution in [0.5, 0.6) is 11.5 Å². The van der Waals surface area contributed by atoms with Crippen molar-refractivity contribution in [1.82, 2.24) is 15.0 Å². The van der Waals surface area contributed by atoms with Crippen LogP contribution in [-0.4, -0.2) is 35.8 Å². The summed E-state index contributed by atoms with van der Waals surface area (Å²) in [7, 11) is 3.31. The van der Waals surface area contributed by atoms with Gasteiger partial charge in [-0.1, -0.05) is 41.6 Å². The Hall–Kier alpha value is -3.00. The zero-order valence-electron chi connectivity index (χ0n) is 15.6. The van der Waals surface area contributed by atoms with Crippen LogP contribution in [0.2, 0.25) is 0 Å². The van der Waals surface area contributed by atoms with Crippen molar-refractivity contribution in [3.8, 4) is 11.5 Å². The number of aromatic nitrogens is 2. The Kier molecular flexibility index (Phi) is 6.54. The predicted molar refractivity (Wildman–Crippen MR) is 98.3 cm³/mol. The number of alkyl halides is 2. The standard InChI is InChI=1S/C20H21F2N3O3/c1-25(12-15-8-9-16(27-20(21)22)17(10-15)26-2)13-19-23-18(24-28-19)11-14-6-4-3-5-7-14/h3-10,20H,11-13H2,1-2H3. The minimum Gasteiger partial charge on any atom is -0.493 e. The van der Waals surface area contributed by atoms with Crippen LogP contribution < -0.4 is 9.47 Å². The van der Waals surface area contributed by atoms with Gasteiger partial charge in [-0.15, -0.1) is 0 Å². The number of hydrogen-bond donors (Lipinski definition) is 0. The number of rotatable bonds is 9. The van der Waals surface area contributed by atoms with Crippen LogP contribution in [0.3, 0.4) is 0 Å². The fraction of sp³-hybridized carbons (Fsp3) is 0.300. The number of halogens is 2. The first-order chi connectivity index (χ1) is 13.5. The summed E-state index contributed by atoms with van der Waals surface area (Å²) >= 11 is 0. The Bertz CT molecular complexity index is 887. The number of benzene rings is 2. The fourth-order valence-corrected chi connectivity index (χ4v) is 2.81. The third-order valence-electron chi connectivity index (χ3n) is 4.02. The average Bonchev–Trinajstić information content (AvgIpc) is 3.10. The lowest BCUT2D eigenvalue weighted by Crippen LogP contribution is -2.17. The maximum Gasteiger partial charge on any atom is 0.387 e. The Morgan fingerprint density at radius 3 is 2.54 bits per heavy atom. The molecule has 0 bridgehead atoms. The lowest BCUT2D eigenvalue weighted by Gasteiger charge is -2.16. The quantitative estimate of drug-likeness (QED) is 0.553. The number of nitrogens with zero attached hydrogens (tertiary/aromatic N) is 3. The largest absolute Gasteiger partial charge is 0.493 e. The molecule has 8 heteroatoms. The minimum atomic E-state index is -2.90. The molecule has 1 heterocycles. The Balaban J connectivity index is 1.59. The molecule has 3 rings (SSSR count). The normalized spacial score (nSPS) is 11.2. The third-order valence-corrected chi connectivity index (χ3v) is 4.02. The van der Waals surface area contributed by atoms with Gasteiger partial charge in [0, 0.05) is 13.0 Å². The molecule has 0 radical (unpaired) electrons. The maximum atomic E-state index is 12.4. The first-order valence-corrected chi connectivity index (χ1v) is 8.69. The van der Waals surface area contributed by atoms with Gasteiger partial charge in [0.05, 0.1) is 13.7 Å². The van der Waals surface area contributed by atoms with Gasteiger partial charge in [-0.05, 0) is 30.3 Å². The van der Waals surface area contributed by atoms with Crippen molar-refractivity contribution >= 4 is 0 Å². The maximum absolute atomic E-state index is 12.4. The van der Waals surface area contributed by atoms with Gasteiger partial charge >= 0.3 is 6.61 Å². The van der Waals surface area contributed by atoms with E-state index in [1.807, 2.05) is 42.3 Å². The van der Waals surface area contributed by atoms with Gasteiger partial charge in [-0.25, -0.2) is 0 Å². The van der Waals surface area contributed by atoms with Crippen molar-refractivity contribution < 1.29 is 22.8 Å². The molecule has 0 aliphatic heterocycles. The van der Waals surface area contributed by atoms with Crippen LogP contribution in [-0.2, 0) is 19.5 Å². The predicted octanol–water partition coefficient (Wildman–Crippen LogP) is 3.90. The molecule has 0 saturated heterocycles. The highest BCUT2D eigenvalue weighted by molar-refractivity contribution is 5.43. The van der Waals surface area contributed by atoms with Crippen molar-refractivity contribution in [2.45, 2.75) is 26.1 Å². The average molecular weight is 389 g/mol. The zero-order valence-corrected chi connectivity index (χ0v) is 15.6. The highest BCUT2D eigenvalue weighted by atomic mass is 19.3. The highest BCUT2D eigenvalue weighted by Crippen LogP contribution is 2.29. The summed E-state index contributed by atoms with van der Waals surface area (Å²) in [6, 6.07) is 14.8. The summed E-state index contributed by atoms with van der Waals surface area (Å²) in [6.07, 6.45) is 0.608. The Labute approximate surface area is 161 Å². The first kappa shape index (κ1) is 19.8. The summed E-state index contributed by atoms with van der Waals surface area (Å²) in [4.78, 5) is 6.39. The van der Waals surface area contributed by atoms with Crippen LogP contribution in [0, 0.1) is 0 Å². The number of methoxy groups -OCH3 is 1. The van der Waals surface area contributed by atoms with Crippen LogP contribution >= 0.6 is 0 Å². The van der Waals surface area contributed by atoms with Crippen molar-refractivity contribution in [2.75, 3.05) is 14.2 Å². The summed E-state index contributed by atoms with van der Waals surface area (Å²) in [5.74, 6) is 1.41. The van der Waals surface area contributed by atoms with E-state index in [4.69, 9.17) is 9.26 Å². The summed E-state index contributed by atoms with van der Waals surface area (Å²) in [6.45, 7) is -1.90. The summed E-state index contributed by atoms with van der Waals surface area (Å²) < 4.78 is 39.7. The van der Waals surface area contributed by atoms with Gasteiger partial charge in [0.2, 0.25) is 5.89 Å². The van der Waals surface area contributed by atoms with E-state index in [0.29, 0.717) is 31.2 Å². The van der Waals surface area contributed by atoms with Crippen LogP contribution in [0.4, 0.5) is 8.78 Å². The summed E-state index contributed by atoms with van der Waals surface area (Å²) in [5, 5.41) is 4.02. The fourth-order valence-electron chi connectivity index (χ4n) is 2.81. The second-order valence-corrected chi connectivity index (χ2v) is 6.30. The molecule has 0 spiro atoms. The van der Waals surface area contributed by atoms with Gasteiger partial charge in [0.15, 0.2) is 17.3 Å². The van der Waals surface area contributed by atoms with E-state index in [2.05, 4.69) is 14.9 Å². The summed E-state index contributed by atoms with van der Waals surface area (Å²) in [5.41, 5.74) is 1.99. The van der Waals surface area contributed by atoms with E-state index in [9.17, 15) is 8.78 Å². The van der Waals surface area contributed by atoms with Crippen molar-refractivity contribution in [3.05, 3.63) is 71.4 Å². The minimum absolute atomic E-state index is 0.00589. The van der Waals surface area contributed by atoms with E-state index in [1.54, 1.807) is 12.1 Å². The van der Waals surface area contributed by atoms with E-state index >= 15 is 0 Å². The molecule has 0 unspecified atom stereocenters. The molecule has 3 aromatic rings. The molecule has 0 atom stereocenters. The molecule has 1 aromatic heterocycles. The molecule has 0 amide bonds. The number of ether oxygens (including phenoxy) is 2. The highest BCUT2D eigenvalue weighted by Gasteiger charge is 2.13. The lowest BCUT2D eigenvalue weighted by atomic mass is 10.1. The topological polar surface area (TPSA) is 60.6 Å². The van der Waals surface area contributed by atoms with E-state index in [-0.39, 0.29) is 11.5 Å². The zero-order chi connectivity index (χ0) is 19.9. The molecule has 28 heavy (non-hydrogen) atoms. The van der Waals surface area contributed by atoms with Gasteiger partial charge in [0.25, 0.3) is 0 Å². The second kappa shape index (κ2) is 9.27. The van der Waals surface area contributed by atoms with Crippen molar-refractivity contribution in [3.63, 3.8) is 0 Å². The Morgan fingerprint density at radius 2 is 1.82 bits per heavy atom. The van der Waals surface area contributed by atoms with Crippen molar-refractivity contribution in [2.24, 2.45) is 0 Å². The second-order valence-electron chi connectivity index (χ2n) is 6.30. The molecule has 2 aromatic carbocycles. The number of hydrogen-bond acceptors (Lipinski definition) is 6. The molecule has 0 N–H and O–H groups in total. The molecular formula is C20H21F2N3O3. The molecular weight excluding hydrogens is 368 g/mol. The smallest absolute Gasteiger partial charge is 0.387 e. The van der Waals surface area contributed by atoms with Crippen LogP contribution in [0.25, 0.3) is 0 Å². The van der Waals surface area contributed by atoms with Crippen LogP contribution in [0.1, 0.15) is 22.8 Å².